The first kappa shape index (κ1) is 25.9. The minimum atomic E-state index is -0.0434. The fraction of sp³-hybridized carbons (Fsp3) is 0.448. The molecular weight excluding hydrogens is 448 g/mol. The molecule has 2 amide bonds. The Morgan fingerprint density at radius 1 is 0.861 bits per heavy atom. The number of amides is 2. The van der Waals surface area contributed by atoms with Crippen molar-refractivity contribution in [2.75, 3.05) is 57.7 Å². The summed E-state index contributed by atoms with van der Waals surface area (Å²) in [6.45, 7) is 15.8. The monoisotopic (exact) mass is 488 g/mol. The first-order valence-corrected chi connectivity index (χ1v) is 13.3. The number of urea groups is 1. The summed E-state index contributed by atoms with van der Waals surface area (Å²) in [5, 5.41) is 11.0. The van der Waals surface area contributed by atoms with Crippen molar-refractivity contribution in [1.29, 1.82) is 0 Å². The fourth-order valence-electron chi connectivity index (χ4n) is 4.94. The van der Waals surface area contributed by atoms with Crippen molar-refractivity contribution in [1.82, 2.24) is 24.9 Å². The molecule has 0 saturated heterocycles. The molecule has 4 rings (SSSR count). The van der Waals surface area contributed by atoms with E-state index in [9.17, 15) is 4.79 Å². The van der Waals surface area contributed by atoms with Crippen molar-refractivity contribution in [3.63, 3.8) is 0 Å². The molecule has 2 aromatic carbocycles. The van der Waals surface area contributed by atoms with E-state index < -0.39 is 0 Å². The summed E-state index contributed by atoms with van der Waals surface area (Å²) < 4.78 is 0. The Morgan fingerprint density at radius 2 is 1.47 bits per heavy atom. The lowest BCUT2D eigenvalue weighted by Gasteiger charge is -2.29. The van der Waals surface area contributed by atoms with Crippen LogP contribution in [0, 0.1) is 0 Å². The van der Waals surface area contributed by atoms with Crippen molar-refractivity contribution in [2.45, 2.75) is 34.1 Å². The number of hydrogen-bond acceptors (Lipinski definition) is 4. The maximum atomic E-state index is 13.2. The van der Waals surface area contributed by atoms with Gasteiger partial charge in [-0.2, -0.15) is 5.10 Å². The summed E-state index contributed by atoms with van der Waals surface area (Å²) in [7, 11) is 0. The van der Waals surface area contributed by atoms with Gasteiger partial charge in [-0.25, -0.2) is 4.79 Å². The number of fused-ring (bicyclic) bond motifs is 3. The number of carbonyl (C=O) groups is 1. The van der Waals surface area contributed by atoms with Gasteiger partial charge < -0.3 is 20.0 Å². The molecule has 192 valence electrons. The lowest BCUT2D eigenvalue weighted by Crippen LogP contribution is -2.44. The molecule has 0 unspecified atom stereocenters. The number of likely N-dealkylation sites (N-methyl/N-ethyl adjacent to an activating group) is 2. The third-order valence-electron chi connectivity index (χ3n) is 7.38. The van der Waals surface area contributed by atoms with Crippen LogP contribution in [0.25, 0.3) is 22.5 Å². The van der Waals surface area contributed by atoms with Crippen LogP contribution >= 0.6 is 0 Å². The highest BCUT2D eigenvalue weighted by Gasteiger charge is 2.24. The van der Waals surface area contributed by atoms with E-state index in [4.69, 9.17) is 0 Å². The molecule has 0 bridgehead atoms. The maximum Gasteiger partial charge on any atom is 0.321 e. The molecule has 0 fully saturated rings. The summed E-state index contributed by atoms with van der Waals surface area (Å²) in [5.74, 6) is 0. The zero-order chi connectivity index (χ0) is 25.5. The summed E-state index contributed by atoms with van der Waals surface area (Å²) in [4.78, 5) is 19.9. The molecule has 1 aliphatic carbocycles. The smallest absolute Gasteiger partial charge is 0.321 e. The minimum Gasteiger partial charge on any atom is -0.322 e. The Hall–Kier alpha value is -3.16. The molecule has 1 aliphatic rings. The highest BCUT2D eigenvalue weighted by Crippen LogP contribution is 2.39. The van der Waals surface area contributed by atoms with Crippen molar-refractivity contribution in [3.8, 4) is 22.5 Å². The molecule has 0 aliphatic heterocycles. The predicted octanol–water partition coefficient (Wildman–Crippen LogP) is 5.17. The van der Waals surface area contributed by atoms with Crippen LogP contribution in [0.1, 0.15) is 38.8 Å². The Balaban J connectivity index is 1.43. The van der Waals surface area contributed by atoms with E-state index in [-0.39, 0.29) is 6.03 Å². The summed E-state index contributed by atoms with van der Waals surface area (Å²) in [6, 6.07) is 16.5. The minimum absolute atomic E-state index is 0.0434. The number of nitrogens with zero attached hydrogens (tertiary/aromatic N) is 4. The Kier molecular flexibility index (Phi) is 8.78. The number of anilines is 1. The SMILES string of the molecule is CCN(CC)CCN(CCN(CC)CC)C(=O)Nc1ccc(-c2n[nH]c3c2Cc2ccccc2-3)cc1. The number of carbonyl (C=O) groups excluding carboxylic acids is 1. The first-order valence-electron chi connectivity index (χ1n) is 13.3. The van der Waals surface area contributed by atoms with Gasteiger partial charge in [-0.15, -0.1) is 0 Å². The second kappa shape index (κ2) is 12.2. The third kappa shape index (κ3) is 5.79. The van der Waals surface area contributed by atoms with Gasteiger partial charge in [0.1, 0.15) is 0 Å². The van der Waals surface area contributed by atoms with Crippen LogP contribution in [0.3, 0.4) is 0 Å². The normalized spacial score (nSPS) is 12.2. The molecule has 0 atom stereocenters. The van der Waals surface area contributed by atoms with Crippen molar-refractivity contribution in [3.05, 3.63) is 59.7 Å². The van der Waals surface area contributed by atoms with Gasteiger partial charge in [-0.05, 0) is 43.9 Å². The molecule has 7 nitrogen and oxygen atoms in total. The molecule has 1 heterocycles. The maximum absolute atomic E-state index is 13.2. The Bertz CT molecular complexity index is 1110. The number of nitrogens with one attached hydrogen (secondary N) is 2. The summed E-state index contributed by atoms with van der Waals surface area (Å²) in [6.07, 6.45) is 0.893. The average molecular weight is 489 g/mol. The number of aromatic amines is 1. The molecule has 0 radical (unpaired) electrons. The van der Waals surface area contributed by atoms with E-state index >= 15 is 0 Å². The fourth-order valence-corrected chi connectivity index (χ4v) is 4.94. The van der Waals surface area contributed by atoms with Gasteiger partial charge in [0.25, 0.3) is 0 Å². The van der Waals surface area contributed by atoms with Crippen LogP contribution in [-0.2, 0) is 6.42 Å². The van der Waals surface area contributed by atoms with Crippen LogP contribution in [-0.4, -0.2) is 83.3 Å². The van der Waals surface area contributed by atoms with Crippen molar-refractivity contribution >= 4 is 11.7 Å². The number of hydrogen-bond donors (Lipinski definition) is 2. The molecule has 3 aromatic rings. The molecule has 1 aromatic heterocycles. The van der Waals surface area contributed by atoms with Crippen LogP contribution in [0.15, 0.2) is 48.5 Å². The third-order valence-corrected chi connectivity index (χ3v) is 7.38. The highest BCUT2D eigenvalue weighted by atomic mass is 16.2. The van der Waals surface area contributed by atoms with E-state index in [0.717, 1.165) is 68.3 Å². The topological polar surface area (TPSA) is 67.5 Å². The quantitative estimate of drug-likeness (QED) is 0.289. The van der Waals surface area contributed by atoms with Gasteiger partial charge >= 0.3 is 6.03 Å². The molecular formula is C29H40N6O. The summed E-state index contributed by atoms with van der Waals surface area (Å²) in [5.41, 5.74) is 7.78. The Labute approximate surface area is 215 Å². The van der Waals surface area contributed by atoms with Gasteiger partial charge in [-0.3, -0.25) is 5.10 Å². The van der Waals surface area contributed by atoms with Crippen molar-refractivity contribution in [2.24, 2.45) is 0 Å². The largest absolute Gasteiger partial charge is 0.322 e. The second-order valence-electron chi connectivity index (χ2n) is 9.31. The predicted molar refractivity (Wildman–Crippen MR) is 148 cm³/mol. The number of H-pyrrole nitrogens is 1. The average Bonchev–Trinajstić information content (AvgIpc) is 3.48. The first-order chi connectivity index (χ1) is 17.6. The van der Waals surface area contributed by atoms with Gasteiger partial charge in [0.2, 0.25) is 0 Å². The second-order valence-corrected chi connectivity index (χ2v) is 9.31. The van der Waals surface area contributed by atoms with Crippen LogP contribution in [0.5, 0.6) is 0 Å². The zero-order valence-corrected chi connectivity index (χ0v) is 22.2. The molecule has 36 heavy (non-hydrogen) atoms. The van der Waals surface area contributed by atoms with E-state index in [2.05, 4.69) is 77.3 Å². The van der Waals surface area contributed by atoms with Crippen LogP contribution in [0.4, 0.5) is 10.5 Å². The number of aromatic nitrogens is 2. The van der Waals surface area contributed by atoms with Crippen LogP contribution in [0.2, 0.25) is 0 Å². The van der Waals surface area contributed by atoms with E-state index in [1.165, 1.54) is 16.7 Å². The van der Waals surface area contributed by atoms with E-state index in [1.807, 2.05) is 29.2 Å². The van der Waals surface area contributed by atoms with Gasteiger partial charge in [0, 0.05) is 55.0 Å². The van der Waals surface area contributed by atoms with Crippen LogP contribution < -0.4 is 5.32 Å². The van der Waals surface area contributed by atoms with E-state index in [0.29, 0.717) is 13.1 Å². The zero-order valence-electron chi connectivity index (χ0n) is 22.2. The molecule has 7 heteroatoms. The van der Waals surface area contributed by atoms with Crippen molar-refractivity contribution < 1.29 is 4.79 Å². The lowest BCUT2D eigenvalue weighted by molar-refractivity contribution is 0.183. The van der Waals surface area contributed by atoms with Gasteiger partial charge in [0.15, 0.2) is 0 Å². The standard InChI is InChI=1S/C29H40N6O/c1-5-33(6-2)17-19-35(20-18-34(7-3)8-4)29(36)30-24-15-13-22(14-16-24)27-26-21-23-11-9-10-12-25(23)28(26)32-31-27/h9-16H,5-8,17-21H2,1-4H3,(H,30,36)(H,31,32). The number of rotatable bonds is 12. The molecule has 0 saturated carbocycles. The van der Waals surface area contributed by atoms with Gasteiger partial charge in [-0.1, -0.05) is 64.1 Å². The van der Waals surface area contributed by atoms with E-state index in [1.54, 1.807) is 0 Å². The Morgan fingerprint density at radius 3 is 2.08 bits per heavy atom. The summed E-state index contributed by atoms with van der Waals surface area (Å²) >= 11 is 0. The number of benzene rings is 2. The molecule has 2 N–H and O–H groups in total. The molecule has 0 spiro atoms. The lowest BCUT2D eigenvalue weighted by atomic mass is 10.1. The van der Waals surface area contributed by atoms with Gasteiger partial charge in [0.05, 0.1) is 11.4 Å². The highest BCUT2D eigenvalue weighted by molar-refractivity contribution is 5.90.